The second-order valence-electron chi connectivity index (χ2n) is 4.66. The summed E-state index contributed by atoms with van der Waals surface area (Å²) in [7, 11) is 0. The fourth-order valence-corrected chi connectivity index (χ4v) is 3.04. The standard InChI is InChI=1S/C14H22N2S/c1-17-9-7-14(10-15)16-8-6-12-4-2-3-5-13(12)11-16/h2-5,14H,6-11,15H2,1H3. The van der Waals surface area contributed by atoms with Crippen molar-refractivity contribution in [3.63, 3.8) is 0 Å². The minimum atomic E-state index is 0.552. The lowest BCUT2D eigenvalue weighted by atomic mass is 9.98. The molecule has 0 aliphatic carbocycles. The molecule has 1 atom stereocenters. The number of nitrogens with two attached hydrogens (primary N) is 1. The minimum absolute atomic E-state index is 0.552. The normalized spacial score (nSPS) is 17.8. The van der Waals surface area contributed by atoms with Crippen LogP contribution in [-0.2, 0) is 13.0 Å². The van der Waals surface area contributed by atoms with Gasteiger partial charge in [0.25, 0.3) is 0 Å². The molecule has 94 valence electrons. The largest absolute Gasteiger partial charge is 0.329 e. The van der Waals surface area contributed by atoms with Gasteiger partial charge in [-0.2, -0.15) is 11.8 Å². The summed E-state index contributed by atoms with van der Waals surface area (Å²) >= 11 is 1.91. The molecule has 17 heavy (non-hydrogen) atoms. The molecule has 1 aromatic carbocycles. The van der Waals surface area contributed by atoms with Crippen molar-refractivity contribution in [2.75, 3.05) is 25.1 Å². The Labute approximate surface area is 109 Å². The average Bonchev–Trinajstić information content (AvgIpc) is 2.39. The second kappa shape index (κ2) is 6.43. The summed E-state index contributed by atoms with van der Waals surface area (Å²) in [6.07, 6.45) is 4.55. The summed E-state index contributed by atoms with van der Waals surface area (Å²) in [5.41, 5.74) is 8.92. The molecule has 0 saturated heterocycles. The van der Waals surface area contributed by atoms with Gasteiger partial charge in [0.2, 0.25) is 0 Å². The SMILES string of the molecule is CSCCC(CN)N1CCc2ccccc2C1. The third kappa shape index (κ3) is 3.24. The van der Waals surface area contributed by atoms with Crippen molar-refractivity contribution in [1.29, 1.82) is 0 Å². The molecule has 0 spiro atoms. The zero-order valence-corrected chi connectivity index (χ0v) is 11.4. The van der Waals surface area contributed by atoms with Crippen molar-refractivity contribution in [2.24, 2.45) is 5.73 Å². The van der Waals surface area contributed by atoms with E-state index in [4.69, 9.17) is 5.73 Å². The Morgan fingerprint density at radius 3 is 2.82 bits per heavy atom. The molecular formula is C14H22N2S. The van der Waals surface area contributed by atoms with Gasteiger partial charge in [-0.1, -0.05) is 24.3 Å². The van der Waals surface area contributed by atoms with Crippen molar-refractivity contribution < 1.29 is 0 Å². The first-order valence-electron chi connectivity index (χ1n) is 6.35. The second-order valence-corrected chi connectivity index (χ2v) is 5.65. The monoisotopic (exact) mass is 250 g/mol. The first-order chi connectivity index (χ1) is 8.35. The van der Waals surface area contributed by atoms with Crippen LogP contribution in [-0.4, -0.2) is 36.0 Å². The Balaban J connectivity index is 2.00. The molecule has 1 unspecified atom stereocenters. The van der Waals surface area contributed by atoms with Crippen LogP contribution in [0.25, 0.3) is 0 Å². The van der Waals surface area contributed by atoms with Crippen LogP contribution in [0.5, 0.6) is 0 Å². The zero-order valence-electron chi connectivity index (χ0n) is 10.6. The molecular weight excluding hydrogens is 228 g/mol. The maximum atomic E-state index is 5.91. The minimum Gasteiger partial charge on any atom is -0.329 e. The molecule has 2 nitrogen and oxygen atoms in total. The van der Waals surface area contributed by atoms with Crippen LogP contribution >= 0.6 is 11.8 Å². The molecule has 3 heteroatoms. The fraction of sp³-hybridized carbons (Fsp3) is 0.571. The smallest absolute Gasteiger partial charge is 0.0240 e. The predicted molar refractivity (Wildman–Crippen MR) is 76.4 cm³/mol. The Bertz CT molecular complexity index is 354. The van der Waals surface area contributed by atoms with E-state index in [9.17, 15) is 0 Å². The maximum Gasteiger partial charge on any atom is 0.0240 e. The van der Waals surface area contributed by atoms with E-state index >= 15 is 0 Å². The van der Waals surface area contributed by atoms with Crippen molar-refractivity contribution in [2.45, 2.75) is 25.4 Å². The van der Waals surface area contributed by atoms with Crippen LogP contribution in [0.4, 0.5) is 0 Å². The molecule has 1 aliphatic heterocycles. The van der Waals surface area contributed by atoms with E-state index < -0.39 is 0 Å². The molecule has 0 aromatic heterocycles. The van der Waals surface area contributed by atoms with Gasteiger partial charge in [-0.15, -0.1) is 0 Å². The van der Waals surface area contributed by atoms with Gasteiger partial charge in [-0.25, -0.2) is 0 Å². The Morgan fingerprint density at radius 2 is 2.12 bits per heavy atom. The highest BCUT2D eigenvalue weighted by Crippen LogP contribution is 2.21. The van der Waals surface area contributed by atoms with Crippen LogP contribution < -0.4 is 5.73 Å². The number of hydrogen-bond donors (Lipinski definition) is 1. The predicted octanol–water partition coefficient (Wildman–Crippen LogP) is 2.13. The maximum absolute atomic E-state index is 5.91. The van der Waals surface area contributed by atoms with Crippen molar-refractivity contribution in [3.05, 3.63) is 35.4 Å². The van der Waals surface area contributed by atoms with Gasteiger partial charge in [0, 0.05) is 25.7 Å². The van der Waals surface area contributed by atoms with Gasteiger partial charge in [-0.3, -0.25) is 4.90 Å². The van der Waals surface area contributed by atoms with Gasteiger partial charge < -0.3 is 5.73 Å². The summed E-state index contributed by atoms with van der Waals surface area (Å²) < 4.78 is 0. The van der Waals surface area contributed by atoms with Crippen LogP contribution in [0, 0.1) is 0 Å². The molecule has 0 saturated carbocycles. The van der Waals surface area contributed by atoms with Gasteiger partial charge in [0.05, 0.1) is 0 Å². The molecule has 2 N–H and O–H groups in total. The van der Waals surface area contributed by atoms with Crippen LogP contribution in [0.15, 0.2) is 24.3 Å². The molecule has 0 bridgehead atoms. The highest BCUT2D eigenvalue weighted by Gasteiger charge is 2.21. The number of fused-ring (bicyclic) bond motifs is 1. The lowest BCUT2D eigenvalue weighted by Crippen LogP contribution is -2.43. The van der Waals surface area contributed by atoms with Crippen molar-refractivity contribution in [1.82, 2.24) is 4.90 Å². The average molecular weight is 250 g/mol. The number of rotatable bonds is 5. The summed E-state index contributed by atoms with van der Waals surface area (Å²) in [5.74, 6) is 1.21. The highest BCUT2D eigenvalue weighted by molar-refractivity contribution is 7.98. The van der Waals surface area contributed by atoms with E-state index in [1.54, 1.807) is 0 Å². The Hall–Kier alpha value is -0.510. The molecule has 1 heterocycles. The fourth-order valence-electron chi connectivity index (χ4n) is 2.53. The topological polar surface area (TPSA) is 29.3 Å². The van der Waals surface area contributed by atoms with Gasteiger partial charge in [0.15, 0.2) is 0 Å². The van der Waals surface area contributed by atoms with E-state index in [-0.39, 0.29) is 0 Å². The Kier molecular flexibility index (Phi) is 4.89. The van der Waals surface area contributed by atoms with Crippen molar-refractivity contribution in [3.8, 4) is 0 Å². The molecule has 1 aromatic rings. The van der Waals surface area contributed by atoms with E-state index in [0.717, 1.165) is 19.6 Å². The van der Waals surface area contributed by atoms with E-state index in [0.29, 0.717) is 6.04 Å². The van der Waals surface area contributed by atoms with E-state index in [2.05, 4.69) is 35.4 Å². The Morgan fingerprint density at radius 1 is 1.35 bits per heavy atom. The number of benzene rings is 1. The third-order valence-electron chi connectivity index (χ3n) is 3.60. The summed E-state index contributed by atoms with van der Waals surface area (Å²) in [6.45, 7) is 3.02. The van der Waals surface area contributed by atoms with Gasteiger partial charge in [-0.05, 0) is 36.0 Å². The quantitative estimate of drug-likeness (QED) is 0.868. The first kappa shape index (κ1) is 12.9. The van der Waals surface area contributed by atoms with Gasteiger partial charge in [0.1, 0.15) is 0 Å². The van der Waals surface area contributed by atoms with Gasteiger partial charge >= 0.3 is 0 Å². The van der Waals surface area contributed by atoms with Crippen LogP contribution in [0.2, 0.25) is 0 Å². The summed E-state index contributed by atoms with van der Waals surface area (Å²) in [4.78, 5) is 2.55. The molecule has 2 rings (SSSR count). The zero-order chi connectivity index (χ0) is 12.1. The first-order valence-corrected chi connectivity index (χ1v) is 7.74. The van der Waals surface area contributed by atoms with Crippen LogP contribution in [0.3, 0.4) is 0 Å². The molecule has 0 amide bonds. The third-order valence-corrected chi connectivity index (χ3v) is 4.25. The molecule has 1 aliphatic rings. The lowest BCUT2D eigenvalue weighted by molar-refractivity contribution is 0.179. The summed E-state index contributed by atoms with van der Waals surface area (Å²) in [5, 5.41) is 0. The lowest BCUT2D eigenvalue weighted by Gasteiger charge is -2.35. The van der Waals surface area contributed by atoms with E-state index in [1.165, 1.54) is 29.7 Å². The van der Waals surface area contributed by atoms with Crippen LogP contribution in [0.1, 0.15) is 17.5 Å². The molecule has 0 radical (unpaired) electrons. The number of thioether (sulfide) groups is 1. The number of hydrogen-bond acceptors (Lipinski definition) is 3. The molecule has 0 fully saturated rings. The van der Waals surface area contributed by atoms with E-state index in [1.807, 2.05) is 11.8 Å². The summed E-state index contributed by atoms with van der Waals surface area (Å²) in [6, 6.07) is 9.34. The van der Waals surface area contributed by atoms with Crippen molar-refractivity contribution >= 4 is 11.8 Å². The number of nitrogens with zero attached hydrogens (tertiary/aromatic N) is 1. The highest BCUT2D eigenvalue weighted by atomic mass is 32.2.